The van der Waals surface area contributed by atoms with Gasteiger partial charge in [0.2, 0.25) is 0 Å². The Kier molecular flexibility index (Phi) is 6.97. The van der Waals surface area contributed by atoms with Crippen LogP contribution >= 0.6 is 0 Å². The standard InChI is InChI=1S/C21H27NO8/c1-11(2)29-19(24)17-15(23)10-21(5,26)18(20(25)30-12(3)4)16(17)13-6-8-14(9-7-13)22(27)28/h6-9,11-12,16-18,26H,10H2,1-5H3/t16-,17+,18+,21+/m1/s1. The van der Waals surface area contributed by atoms with Crippen LogP contribution in [0.2, 0.25) is 0 Å². The monoisotopic (exact) mass is 421 g/mol. The van der Waals surface area contributed by atoms with Crippen LogP contribution in [-0.4, -0.2) is 45.6 Å². The van der Waals surface area contributed by atoms with Crippen molar-refractivity contribution < 1.29 is 33.9 Å². The molecule has 0 spiro atoms. The van der Waals surface area contributed by atoms with Crippen molar-refractivity contribution in [1.82, 2.24) is 0 Å². The summed E-state index contributed by atoms with van der Waals surface area (Å²) in [5, 5.41) is 22.0. The van der Waals surface area contributed by atoms with Gasteiger partial charge in [0, 0.05) is 24.5 Å². The highest BCUT2D eigenvalue weighted by atomic mass is 16.6. The van der Waals surface area contributed by atoms with Gasteiger partial charge in [-0.25, -0.2) is 0 Å². The molecule has 0 aliphatic heterocycles. The number of hydrogen-bond donors (Lipinski definition) is 1. The van der Waals surface area contributed by atoms with E-state index in [0.717, 1.165) is 0 Å². The Morgan fingerprint density at radius 3 is 2.07 bits per heavy atom. The molecule has 0 unspecified atom stereocenters. The van der Waals surface area contributed by atoms with Crippen LogP contribution in [0.5, 0.6) is 0 Å². The number of hydrogen-bond acceptors (Lipinski definition) is 8. The molecule has 0 heterocycles. The number of carbonyl (C=O) groups excluding carboxylic acids is 3. The van der Waals surface area contributed by atoms with Crippen LogP contribution in [0, 0.1) is 22.0 Å². The first kappa shape index (κ1) is 23.5. The quantitative estimate of drug-likeness (QED) is 0.321. The molecule has 1 aliphatic rings. The summed E-state index contributed by atoms with van der Waals surface area (Å²) in [4.78, 5) is 49.0. The Hall–Kier alpha value is -2.81. The lowest BCUT2D eigenvalue weighted by Crippen LogP contribution is -2.55. The lowest BCUT2D eigenvalue weighted by atomic mass is 9.61. The molecule has 4 atom stereocenters. The molecule has 30 heavy (non-hydrogen) atoms. The number of non-ortho nitro benzene ring substituents is 1. The van der Waals surface area contributed by atoms with Crippen molar-refractivity contribution >= 4 is 23.4 Å². The molecule has 1 fully saturated rings. The first-order valence-electron chi connectivity index (χ1n) is 9.75. The SMILES string of the molecule is CC(C)OC(=O)[C@H]1C(=O)C[C@](C)(O)[C@H](C(=O)OC(C)C)[C@@H]1c1ccc([N+](=O)[O-])cc1. The van der Waals surface area contributed by atoms with Crippen molar-refractivity contribution in [2.75, 3.05) is 0 Å². The van der Waals surface area contributed by atoms with E-state index >= 15 is 0 Å². The van der Waals surface area contributed by atoms with E-state index in [2.05, 4.69) is 0 Å². The van der Waals surface area contributed by atoms with E-state index in [-0.39, 0.29) is 5.69 Å². The highest BCUT2D eigenvalue weighted by Crippen LogP contribution is 2.47. The Bertz CT molecular complexity index is 820. The highest BCUT2D eigenvalue weighted by Gasteiger charge is 2.57. The summed E-state index contributed by atoms with van der Waals surface area (Å²) < 4.78 is 10.6. The molecule has 0 bridgehead atoms. The summed E-state index contributed by atoms with van der Waals surface area (Å²) >= 11 is 0. The third-order valence-electron chi connectivity index (χ3n) is 4.97. The van der Waals surface area contributed by atoms with Gasteiger partial charge >= 0.3 is 11.9 Å². The molecule has 1 N–H and O–H groups in total. The van der Waals surface area contributed by atoms with Crippen LogP contribution < -0.4 is 0 Å². The first-order valence-corrected chi connectivity index (χ1v) is 9.75. The number of nitro groups is 1. The summed E-state index contributed by atoms with van der Waals surface area (Å²) in [6.45, 7) is 7.90. The zero-order chi connectivity index (χ0) is 22.8. The summed E-state index contributed by atoms with van der Waals surface area (Å²) in [5.41, 5.74) is -1.63. The minimum absolute atomic E-state index is 0.185. The highest BCUT2D eigenvalue weighted by molar-refractivity contribution is 6.02. The van der Waals surface area contributed by atoms with Crippen LogP contribution in [-0.2, 0) is 23.9 Å². The van der Waals surface area contributed by atoms with Gasteiger partial charge in [-0.1, -0.05) is 12.1 Å². The van der Waals surface area contributed by atoms with Gasteiger partial charge in [-0.15, -0.1) is 0 Å². The van der Waals surface area contributed by atoms with Gasteiger partial charge in [0.05, 0.1) is 28.7 Å². The second kappa shape index (κ2) is 8.91. The van der Waals surface area contributed by atoms with Gasteiger partial charge < -0.3 is 14.6 Å². The first-order chi connectivity index (χ1) is 13.8. The largest absolute Gasteiger partial charge is 0.463 e. The Balaban J connectivity index is 2.62. The molecular weight excluding hydrogens is 394 g/mol. The van der Waals surface area contributed by atoms with Gasteiger partial charge in [0.1, 0.15) is 5.92 Å². The van der Waals surface area contributed by atoms with Gasteiger partial charge in [-0.05, 0) is 40.2 Å². The fraction of sp³-hybridized carbons (Fsp3) is 0.571. The molecule has 0 aromatic heterocycles. The van der Waals surface area contributed by atoms with E-state index in [9.17, 15) is 29.6 Å². The number of nitro benzene ring substituents is 1. The van der Waals surface area contributed by atoms with Crippen molar-refractivity contribution in [2.24, 2.45) is 11.8 Å². The average Bonchev–Trinajstić information content (AvgIpc) is 2.58. The maximum absolute atomic E-state index is 12.9. The second-order valence-corrected chi connectivity index (χ2v) is 8.30. The summed E-state index contributed by atoms with van der Waals surface area (Å²) in [6, 6.07) is 5.20. The van der Waals surface area contributed by atoms with Gasteiger partial charge in [0.25, 0.3) is 5.69 Å². The molecule has 0 amide bonds. The molecular formula is C21H27NO8. The number of Topliss-reactive ketones (excluding diaryl/α,β-unsaturated/α-hetero) is 1. The predicted molar refractivity (Wildman–Crippen MR) is 106 cm³/mol. The summed E-state index contributed by atoms with van der Waals surface area (Å²) in [6.07, 6.45) is -1.40. The lowest BCUT2D eigenvalue weighted by Gasteiger charge is -2.44. The van der Waals surface area contributed by atoms with Crippen molar-refractivity contribution in [2.45, 2.75) is 64.8 Å². The fourth-order valence-electron chi connectivity index (χ4n) is 3.85. The number of aliphatic hydroxyl groups is 1. The number of ketones is 1. The number of carbonyl (C=O) groups is 3. The minimum atomic E-state index is -1.77. The third kappa shape index (κ3) is 5.02. The van der Waals surface area contributed by atoms with Crippen LogP contribution in [0.25, 0.3) is 0 Å². The van der Waals surface area contributed by atoms with E-state index in [0.29, 0.717) is 5.56 Å². The number of esters is 2. The van der Waals surface area contributed by atoms with E-state index in [1.54, 1.807) is 27.7 Å². The van der Waals surface area contributed by atoms with Gasteiger partial charge in [-0.3, -0.25) is 24.5 Å². The Morgan fingerprint density at radius 1 is 1.10 bits per heavy atom. The molecule has 2 rings (SSSR count). The maximum atomic E-state index is 12.9. The topological polar surface area (TPSA) is 133 Å². The Morgan fingerprint density at radius 2 is 1.60 bits per heavy atom. The fourth-order valence-corrected chi connectivity index (χ4v) is 3.85. The van der Waals surface area contributed by atoms with E-state index in [1.807, 2.05) is 0 Å². The van der Waals surface area contributed by atoms with Crippen molar-refractivity contribution in [3.8, 4) is 0 Å². The number of nitrogens with zero attached hydrogens (tertiary/aromatic N) is 1. The molecule has 9 nitrogen and oxygen atoms in total. The van der Waals surface area contributed by atoms with Crippen LogP contribution in [0.4, 0.5) is 5.69 Å². The second-order valence-electron chi connectivity index (χ2n) is 8.30. The zero-order valence-electron chi connectivity index (χ0n) is 17.7. The molecule has 0 radical (unpaired) electrons. The predicted octanol–water partition coefficient (Wildman–Crippen LogP) is 2.54. The van der Waals surface area contributed by atoms with Crippen molar-refractivity contribution in [3.05, 3.63) is 39.9 Å². The van der Waals surface area contributed by atoms with Crippen molar-refractivity contribution in [3.63, 3.8) is 0 Å². The lowest BCUT2D eigenvalue weighted by molar-refractivity contribution is -0.384. The van der Waals surface area contributed by atoms with Crippen LogP contribution in [0.1, 0.15) is 52.5 Å². The van der Waals surface area contributed by atoms with Gasteiger partial charge in [-0.2, -0.15) is 0 Å². The number of benzene rings is 1. The van der Waals surface area contributed by atoms with E-state index in [4.69, 9.17) is 9.47 Å². The molecule has 164 valence electrons. The Labute approximate surface area is 174 Å². The molecule has 1 aromatic rings. The van der Waals surface area contributed by atoms with Crippen molar-refractivity contribution in [1.29, 1.82) is 0 Å². The van der Waals surface area contributed by atoms with E-state index < -0.39 is 64.6 Å². The summed E-state index contributed by atoms with van der Waals surface area (Å²) in [7, 11) is 0. The maximum Gasteiger partial charge on any atom is 0.317 e. The minimum Gasteiger partial charge on any atom is -0.463 e. The molecule has 1 saturated carbocycles. The normalized spacial score (nSPS) is 26.5. The smallest absolute Gasteiger partial charge is 0.317 e. The molecule has 1 aliphatic carbocycles. The molecule has 1 aromatic carbocycles. The number of ether oxygens (including phenoxy) is 2. The van der Waals surface area contributed by atoms with Crippen LogP contribution in [0.3, 0.4) is 0 Å². The molecule has 0 saturated heterocycles. The number of rotatable bonds is 6. The van der Waals surface area contributed by atoms with Crippen LogP contribution in [0.15, 0.2) is 24.3 Å². The third-order valence-corrected chi connectivity index (χ3v) is 4.97. The van der Waals surface area contributed by atoms with E-state index in [1.165, 1.54) is 31.2 Å². The average molecular weight is 421 g/mol. The van der Waals surface area contributed by atoms with Gasteiger partial charge in [0.15, 0.2) is 5.78 Å². The molecule has 9 heteroatoms. The summed E-state index contributed by atoms with van der Waals surface area (Å²) in [5.74, 6) is -5.82. The zero-order valence-corrected chi connectivity index (χ0v) is 17.7.